The average Bonchev–Trinajstić information content (AvgIpc) is 2.20. The van der Waals surface area contributed by atoms with E-state index in [4.69, 9.17) is 0 Å². The quantitative estimate of drug-likeness (QED) is 0.698. The molecule has 0 bridgehead atoms. The topological polar surface area (TPSA) is 0 Å². The molecule has 0 fully saturated rings. The molecule has 0 aromatic heterocycles. The molecule has 0 atom stereocenters. The van der Waals surface area contributed by atoms with Crippen LogP contribution in [0.3, 0.4) is 0 Å². The maximum Gasteiger partial charge on any atom is 0.132 e. The number of aryl methyl sites for hydroxylation is 2. The average molecular weight is 279 g/mol. The lowest BCUT2D eigenvalue weighted by Gasteiger charge is -2.10. The molecule has 0 aliphatic rings. The summed E-state index contributed by atoms with van der Waals surface area (Å²) in [6.07, 6.45) is 0. The largest absolute Gasteiger partial charge is 0.206 e. The highest BCUT2D eigenvalue weighted by atomic mass is 79.9. The van der Waals surface area contributed by atoms with E-state index in [2.05, 4.69) is 22.0 Å². The van der Waals surface area contributed by atoms with Crippen molar-refractivity contribution in [3.05, 3.63) is 57.8 Å². The third-order valence-corrected chi connectivity index (χ3v) is 3.27. The van der Waals surface area contributed by atoms with Gasteiger partial charge in [-0.1, -0.05) is 45.8 Å². The van der Waals surface area contributed by atoms with Gasteiger partial charge in [0, 0.05) is 10.0 Å². The lowest BCUT2D eigenvalue weighted by Crippen LogP contribution is -1.89. The van der Waals surface area contributed by atoms with Crippen LogP contribution in [0.1, 0.15) is 11.1 Å². The molecule has 0 spiro atoms. The molecule has 82 valence electrons. The second kappa shape index (κ2) is 4.38. The first-order chi connectivity index (χ1) is 7.59. The van der Waals surface area contributed by atoms with Crippen LogP contribution in [0.15, 0.2) is 40.9 Å². The first kappa shape index (κ1) is 11.3. The van der Waals surface area contributed by atoms with Crippen molar-refractivity contribution < 1.29 is 4.39 Å². The number of benzene rings is 2. The summed E-state index contributed by atoms with van der Waals surface area (Å²) in [6.45, 7) is 4.04. The van der Waals surface area contributed by atoms with Crippen LogP contribution < -0.4 is 0 Å². The summed E-state index contributed by atoms with van der Waals surface area (Å²) >= 11 is 3.40. The van der Waals surface area contributed by atoms with Crippen molar-refractivity contribution in [1.29, 1.82) is 0 Å². The molecular weight excluding hydrogens is 267 g/mol. The Bertz CT molecular complexity index is 512. The standard InChI is InChI=1S/C14H12BrF/c1-9-6-7-11(10(2)8-9)14-12(15)4-3-5-13(14)16/h3-8H,1-2H3. The van der Waals surface area contributed by atoms with E-state index in [1.54, 1.807) is 6.07 Å². The number of hydrogen-bond donors (Lipinski definition) is 0. The fraction of sp³-hybridized carbons (Fsp3) is 0.143. The molecule has 2 aromatic carbocycles. The summed E-state index contributed by atoms with van der Waals surface area (Å²) in [5.74, 6) is -0.193. The lowest BCUT2D eigenvalue weighted by molar-refractivity contribution is 0.630. The first-order valence-electron chi connectivity index (χ1n) is 5.11. The predicted molar refractivity (Wildman–Crippen MR) is 69.0 cm³/mol. The molecule has 0 saturated heterocycles. The Balaban J connectivity index is 2.68. The van der Waals surface area contributed by atoms with E-state index in [-0.39, 0.29) is 5.82 Å². The summed E-state index contributed by atoms with van der Waals surface area (Å²) in [7, 11) is 0. The number of rotatable bonds is 1. The van der Waals surface area contributed by atoms with Gasteiger partial charge in [-0.2, -0.15) is 0 Å². The normalized spacial score (nSPS) is 10.5. The third kappa shape index (κ3) is 2.03. The fourth-order valence-corrected chi connectivity index (χ4v) is 2.40. The molecule has 0 saturated carbocycles. The summed E-state index contributed by atoms with van der Waals surface area (Å²) in [5.41, 5.74) is 3.86. The van der Waals surface area contributed by atoms with Crippen LogP contribution in [-0.2, 0) is 0 Å². The van der Waals surface area contributed by atoms with Gasteiger partial charge >= 0.3 is 0 Å². The minimum atomic E-state index is -0.193. The highest BCUT2D eigenvalue weighted by Gasteiger charge is 2.10. The van der Waals surface area contributed by atoms with E-state index in [0.29, 0.717) is 5.56 Å². The summed E-state index contributed by atoms with van der Waals surface area (Å²) in [5, 5.41) is 0. The van der Waals surface area contributed by atoms with Crippen molar-refractivity contribution in [2.75, 3.05) is 0 Å². The van der Waals surface area contributed by atoms with E-state index in [0.717, 1.165) is 15.6 Å². The van der Waals surface area contributed by atoms with Crippen LogP contribution in [0.4, 0.5) is 4.39 Å². The Labute approximate surface area is 103 Å². The highest BCUT2D eigenvalue weighted by molar-refractivity contribution is 9.10. The lowest BCUT2D eigenvalue weighted by atomic mass is 9.98. The van der Waals surface area contributed by atoms with E-state index >= 15 is 0 Å². The van der Waals surface area contributed by atoms with Gasteiger partial charge in [0.15, 0.2) is 0 Å². The Morgan fingerprint density at radius 2 is 1.81 bits per heavy atom. The summed E-state index contributed by atoms with van der Waals surface area (Å²) in [4.78, 5) is 0. The number of halogens is 2. The van der Waals surface area contributed by atoms with E-state index < -0.39 is 0 Å². The van der Waals surface area contributed by atoms with Crippen molar-refractivity contribution >= 4 is 15.9 Å². The minimum absolute atomic E-state index is 0.193. The van der Waals surface area contributed by atoms with Crippen LogP contribution in [-0.4, -0.2) is 0 Å². The zero-order chi connectivity index (χ0) is 11.7. The summed E-state index contributed by atoms with van der Waals surface area (Å²) in [6, 6.07) is 11.1. The van der Waals surface area contributed by atoms with Gasteiger partial charge in [-0.05, 0) is 37.1 Å². The second-order valence-corrected chi connectivity index (χ2v) is 4.77. The Kier molecular flexibility index (Phi) is 3.10. The maximum atomic E-state index is 13.8. The fourth-order valence-electron chi connectivity index (χ4n) is 1.85. The molecule has 0 nitrogen and oxygen atoms in total. The molecule has 0 radical (unpaired) electrons. The smallest absolute Gasteiger partial charge is 0.132 e. The first-order valence-corrected chi connectivity index (χ1v) is 5.90. The SMILES string of the molecule is Cc1ccc(-c2c(F)cccc2Br)c(C)c1. The van der Waals surface area contributed by atoms with E-state index in [1.165, 1.54) is 11.6 Å². The van der Waals surface area contributed by atoms with Gasteiger partial charge in [0.05, 0.1) is 0 Å². The molecular formula is C14H12BrF. The summed E-state index contributed by atoms with van der Waals surface area (Å²) < 4.78 is 14.6. The molecule has 0 aliphatic heterocycles. The Morgan fingerprint density at radius 1 is 1.06 bits per heavy atom. The molecule has 2 rings (SSSR count). The van der Waals surface area contributed by atoms with Crippen molar-refractivity contribution in [3.63, 3.8) is 0 Å². The molecule has 0 heterocycles. The van der Waals surface area contributed by atoms with Crippen LogP contribution in [0.2, 0.25) is 0 Å². The molecule has 0 aliphatic carbocycles. The van der Waals surface area contributed by atoms with Crippen molar-refractivity contribution in [1.82, 2.24) is 0 Å². The van der Waals surface area contributed by atoms with Gasteiger partial charge < -0.3 is 0 Å². The molecule has 2 heteroatoms. The molecule has 2 aromatic rings. The van der Waals surface area contributed by atoms with Gasteiger partial charge in [-0.15, -0.1) is 0 Å². The Morgan fingerprint density at radius 3 is 2.44 bits per heavy atom. The van der Waals surface area contributed by atoms with Crippen LogP contribution in [0.5, 0.6) is 0 Å². The van der Waals surface area contributed by atoms with Gasteiger partial charge in [0.25, 0.3) is 0 Å². The molecule has 0 unspecified atom stereocenters. The molecule has 0 N–H and O–H groups in total. The van der Waals surface area contributed by atoms with Gasteiger partial charge in [-0.25, -0.2) is 4.39 Å². The monoisotopic (exact) mass is 278 g/mol. The molecule has 0 amide bonds. The van der Waals surface area contributed by atoms with Crippen molar-refractivity contribution in [3.8, 4) is 11.1 Å². The van der Waals surface area contributed by atoms with E-state index in [1.807, 2.05) is 32.0 Å². The van der Waals surface area contributed by atoms with Crippen molar-refractivity contribution in [2.45, 2.75) is 13.8 Å². The van der Waals surface area contributed by atoms with Crippen LogP contribution in [0.25, 0.3) is 11.1 Å². The maximum absolute atomic E-state index is 13.8. The van der Waals surface area contributed by atoms with Crippen molar-refractivity contribution in [2.24, 2.45) is 0 Å². The van der Waals surface area contributed by atoms with Gasteiger partial charge in [0.2, 0.25) is 0 Å². The molecule has 16 heavy (non-hydrogen) atoms. The predicted octanol–water partition coefficient (Wildman–Crippen LogP) is 4.87. The number of hydrogen-bond acceptors (Lipinski definition) is 0. The zero-order valence-corrected chi connectivity index (χ0v) is 10.8. The van der Waals surface area contributed by atoms with Gasteiger partial charge in [-0.3, -0.25) is 0 Å². The Hall–Kier alpha value is -1.15. The highest BCUT2D eigenvalue weighted by Crippen LogP contribution is 2.33. The van der Waals surface area contributed by atoms with E-state index in [9.17, 15) is 4.39 Å². The second-order valence-electron chi connectivity index (χ2n) is 3.92. The zero-order valence-electron chi connectivity index (χ0n) is 9.22. The van der Waals surface area contributed by atoms with Crippen LogP contribution >= 0.6 is 15.9 Å². The third-order valence-electron chi connectivity index (χ3n) is 2.61. The van der Waals surface area contributed by atoms with Gasteiger partial charge in [0.1, 0.15) is 5.82 Å². The minimum Gasteiger partial charge on any atom is -0.206 e. The van der Waals surface area contributed by atoms with Crippen LogP contribution in [0, 0.1) is 19.7 Å².